The lowest BCUT2D eigenvalue weighted by Crippen LogP contribution is -1.99. The molecule has 0 spiro atoms. The number of benzene rings is 2. The predicted molar refractivity (Wildman–Crippen MR) is 76.6 cm³/mol. The molecule has 0 N–H and O–H groups in total. The summed E-state index contributed by atoms with van der Waals surface area (Å²) >= 11 is 5.68. The van der Waals surface area contributed by atoms with Crippen LogP contribution in [0.5, 0.6) is 5.75 Å². The lowest BCUT2D eigenvalue weighted by molar-refractivity contribution is -0.116. The van der Waals surface area contributed by atoms with Crippen LogP contribution in [-0.4, -0.2) is 5.78 Å². The number of rotatable bonds is 5. The van der Waals surface area contributed by atoms with Gasteiger partial charge < -0.3 is 4.74 Å². The number of carbonyl (C=O) groups excluding carboxylic acids is 1. The lowest BCUT2D eigenvalue weighted by Gasteiger charge is -2.08. The van der Waals surface area contributed by atoms with Crippen molar-refractivity contribution >= 4 is 17.4 Å². The van der Waals surface area contributed by atoms with Crippen molar-refractivity contribution in [2.75, 3.05) is 0 Å². The average molecular weight is 293 g/mol. The molecular weight excluding hydrogens is 279 g/mol. The Morgan fingerprint density at radius 1 is 1.20 bits per heavy atom. The summed E-state index contributed by atoms with van der Waals surface area (Å²) in [5, 5.41) is 0.361. The van der Waals surface area contributed by atoms with Crippen molar-refractivity contribution in [2.24, 2.45) is 0 Å². The zero-order chi connectivity index (χ0) is 14.5. The molecule has 20 heavy (non-hydrogen) atoms. The van der Waals surface area contributed by atoms with Crippen molar-refractivity contribution in [3.63, 3.8) is 0 Å². The van der Waals surface area contributed by atoms with Crippen LogP contribution in [0.4, 0.5) is 4.39 Å². The smallest absolute Gasteiger partial charge is 0.134 e. The van der Waals surface area contributed by atoms with Crippen LogP contribution in [0.1, 0.15) is 18.1 Å². The normalized spacial score (nSPS) is 10.3. The van der Waals surface area contributed by atoms with Crippen LogP contribution in [0.25, 0.3) is 0 Å². The van der Waals surface area contributed by atoms with Gasteiger partial charge in [-0.25, -0.2) is 4.39 Å². The Labute approximate surface area is 122 Å². The standard InChI is InChI=1S/C16H14ClFO2/c1-11(19)8-12-2-6-15(7-3-12)20-10-13-4-5-14(17)9-16(13)18/h2-7,9H,8,10H2,1H3. The third kappa shape index (κ3) is 4.07. The Balaban J connectivity index is 1.98. The molecule has 2 aromatic rings. The maximum Gasteiger partial charge on any atom is 0.134 e. The molecule has 0 fully saturated rings. The maximum atomic E-state index is 13.6. The summed E-state index contributed by atoms with van der Waals surface area (Å²) in [6, 6.07) is 11.7. The van der Waals surface area contributed by atoms with Gasteiger partial charge in [0.25, 0.3) is 0 Å². The topological polar surface area (TPSA) is 26.3 Å². The Hall–Kier alpha value is -1.87. The quantitative estimate of drug-likeness (QED) is 0.826. The van der Waals surface area contributed by atoms with E-state index in [0.717, 1.165) is 5.56 Å². The number of Topliss-reactive ketones (excluding diaryl/α,β-unsaturated/α-hetero) is 1. The van der Waals surface area contributed by atoms with Gasteiger partial charge in [0.2, 0.25) is 0 Å². The minimum Gasteiger partial charge on any atom is -0.489 e. The molecule has 0 saturated carbocycles. The SMILES string of the molecule is CC(=O)Cc1ccc(OCc2ccc(Cl)cc2F)cc1. The molecule has 104 valence electrons. The highest BCUT2D eigenvalue weighted by Gasteiger charge is 2.04. The van der Waals surface area contributed by atoms with Crippen molar-refractivity contribution in [2.45, 2.75) is 20.0 Å². The number of hydrogen-bond acceptors (Lipinski definition) is 2. The number of carbonyl (C=O) groups is 1. The molecule has 0 atom stereocenters. The van der Waals surface area contributed by atoms with Gasteiger partial charge in [0.1, 0.15) is 24.0 Å². The summed E-state index contributed by atoms with van der Waals surface area (Å²) in [6.45, 7) is 1.68. The van der Waals surface area contributed by atoms with Crippen LogP contribution in [0.3, 0.4) is 0 Å². The Bertz CT molecular complexity index is 608. The molecule has 0 aromatic heterocycles. The van der Waals surface area contributed by atoms with Crippen molar-refractivity contribution in [1.29, 1.82) is 0 Å². The van der Waals surface area contributed by atoms with Gasteiger partial charge in [0.15, 0.2) is 0 Å². The molecule has 0 aliphatic rings. The first kappa shape index (κ1) is 14.5. The third-order valence-electron chi connectivity index (χ3n) is 2.79. The minimum absolute atomic E-state index is 0.113. The second kappa shape index (κ2) is 6.53. The Kier molecular flexibility index (Phi) is 4.74. The Morgan fingerprint density at radius 2 is 1.90 bits per heavy atom. The van der Waals surface area contributed by atoms with E-state index in [-0.39, 0.29) is 18.2 Å². The number of ether oxygens (including phenoxy) is 1. The summed E-state index contributed by atoms with van der Waals surface area (Å²) in [6.07, 6.45) is 0.409. The molecule has 4 heteroatoms. The van der Waals surface area contributed by atoms with Crippen molar-refractivity contribution < 1.29 is 13.9 Å². The molecule has 0 heterocycles. The van der Waals surface area contributed by atoms with Crippen LogP contribution in [0, 0.1) is 5.82 Å². The third-order valence-corrected chi connectivity index (χ3v) is 3.02. The van der Waals surface area contributed by atoms with Gasteiger partial charge in [-0.2, -0.15) is 0 Å². The van der Waals surface area contributed by atoms with Crippen LogP contribution < -0.4 is 4.74 Å². The molecule has 0 aliphatic carbocycles. The fourth-order valence-corrected chi connectivity index (χ4v) is 1.95. The summed E-state index contributed by atoms with van der Waals surface area (Å²) in [4.78, 5) is 11.0. The molecule has 2 aromatic carbocycles. The van der Waals surface area contributed by atoms with Crippen LogP contribution in [0.2, 0.25) is 5.02 Å². The highest BCUT2D eigenvalue weighted by Crippen LogP contribution is 2.18. The zero-order valence-electron chi connectivity index (χ0n) is 11.0. The van der Waals surface area contributed by atoms with Gasteiger partial charge in [-0.3, -0.25) is 4.79 Å². The van der Waals surface area contributed by atoms with Crippen molar-refractivity contribution in [3.05, 3.63) is 64.4 Å². The number of halogens is 2. The van der Waals surface area contributed by atoms with Crippen molar-refractivity contribution in [1.82, 2.24) is 0 Å². The molecule has 0 aliphatic heterocycles. The molecule has 2 nitrogen and oxygen atoms in total. The van der Waals surface area contributed by atoms with Gasteiger partial charge in [-0.1, -0.05) is 29.8 Å². The Morgan fingerprint density at radius 3 is 2.50 bits per heavy atom. The average Bonchev–Trinajstić information content (AvgIpc) is 2.39. The number of hydrogen-bond donors (Lipinski definition) is 0. The maximum absolute atomic E-state index is 13.6. The minimum atomic E-state index is -0.384. The molecule has 2 rings (SSSR count). The first-order chi connectivity index (χ1) is 9.54. The van der Waals surface area contributed by atoms with Gasteiger partial charge in [-0.05, 0) is 36.8 Å². The molecule has 0 bridgehead atoms. The largest absolute Gasteiger partial charge is 0.489 e. The van der Waals surface area contributed by atoms with Gasteiger partial charge >= 0.3 is 0 Å². The van der Waals surface area contributed by atoms with E-state index in [1.165, 1.54) is 6.07 Å². The predicted octanol–water partition coefficient (Wildman–Crippen LogP) is 4.19. The fraction of sp³-hybridized carbons (Fsp3) is 0.188. The molecule has 0 amide bonds. The van der Waals surface area contributed by atoms with Crippen molar-refractivity contribution in [3.8, 4) is 5.75 Å². The summed E-state index contributed by atoms with van der Waals surface area (Å²) in [5.74, 6) is 0.360. The van der Waals surface area contributed by atoms with Crippen LogP contribution in [0.15, 0.2) is 42.5 Å². The highest BCUT2D eigenvalue weighted by molar-refractivity contribution is 6.30. The van der Waals surface area contributed by atoms with Crippen LogP contribution in [-0.2, 0) is 17.8 Å². The summed E-state index contributed by atoms with van der Waals surface area (Å²) in [5.41, 5.74) is 1.38. The second-order valence-corrected chi connectivity index (χ2v) is 4.98. The van der Waals surface area contributed by atoms with E-state index >= 15 is 0 Å². The van der Waals surface area contributed by atoms with E-state index < -0.39 is 0 Å². The van der Waals surface area contributed by atoms with E-state index in [4.69, 9.17) is 16.3 Å². The zero-order valence-corrected chi connectivity index (χ0v) is 11.8. The molecule has 0 unspecified atom stereocenters. The van der Waals surface area contributed by atoms with Gasteiger partial charge in [-0.15, -0.1) is 0 Å². The summed E-state index contributed by atoms with van der Waals surface area (Å²) in [7, 11) is 0. The first-order valence-electron chi connectivity index (χ1n) is 6.19. The van der Waals surface area contributed by atoms with Crippen LogP contribution >= 0.6 is 11.6 Å². The van der Waals surface area contributed by atoms with E-state index in [1.54, 1.807) is 31.2 Å². The summed E-state index contributed by atoms with van der Waals surface area (Å²) < 4.78 is 19.1. The number of ketones is 1. The molecular formula is C16H14ClFO2. The van der Waals surface area contributed by atoms with E-state index in [1.807, 2.05) is 12.1 Å². The highest BCUT2D eigenvalue weighted by atomic mass is 35.5. The molecule has 0 saturated heterocycles. The lowest BCUT2D eigenvalue weighted by atomic mass is 10.1. The second-order valence-electron chi connectivity index (χ2n) is 4.55. The molecule has 0 radical (unpaired) electrons. The van der Waals surface area contributed by atoms with Gasteiger partial charge in [0.05, 0.1) is 0 Å². The van der Waals surface area contributed by atoms with E-state index in [2.05, 4.69) is 0 Å². The van der Waals surface area contributed by atoms with E-state index in [0.29, 0.717) is 22.8 Å². The first-order valence-corrected chi connectivity index (χ1v) is 6.57. The van der Waals surface area contributed by atoms with Gasteiger partial charge in [0, 0.05) is 17.0 Å². The fourth-order valence-electron chi connectivity index (χ4n) is 1.79. The monoisotopic (exact) mass is 292 g/mol. The van der Waals surface area contributed by atoms with E-state index in [9.17, 15) is 9.18 Å².